The van der Waals surface area contributed by atoms with Gasteiger partial charge in [-0.2, -0.15) is 0 Å². The quantitative estimate of drug-likeness (QED) is 0.923. The first kappa shape index (κ1) is 15.6. The Labute approximate surface area is 119 Å². The van der Waals surface area contributed by atoms with Gasteiger partial charge in [-0.3, -0.25) is 4.79 Å². The lowest BCUT2D eigenvalue weighted by atomic mass is 10.1. The zero-order valence-corrected chi connectivity index (χ0v) is 11.5. The molecule has 1 heterocycles. The Morgan fingerprint density at radius 2 is 1.86 bits per heavy atom. The summed E-state index contributed by atoms with van der Waals surface area (Å²) in [7, 11) is -3.17. The van der Waals surface area contributed by atoms with Crippen LogP contribution in [-0.4, -0.2) is 32.2 Å². The van der Waals surface area contributed by atoms with Gasteiger partial charge >= 0.3 is 6.36 Å². The molecular weight excluding hydrogens is 311 g/mol. The van der Waals surface area contributed by atoms with E-state index in [-0.39, 0.29) is 23.6 Å². The van der Waals surface area contributed by atoms with Gasteiger partial charge in [0.05, 0.1) is 17.4 Å². The predicted molar refractivity (Wildman–Crippen MR) is 68.5 cm³/mol. The SMILES string of the molecule is O=C(Nc1ccc(OC(F)(F)F)cc1)[C@@H]1CCS(=O)(=O)C1. The molecular formula is C12H12F3NO4S. The maximum atomic E-state index is 12.0. The molecule has 1 aliphatic heterocycles. The molecule has 9 heteroatoms. The summed E-state index contributed by atoms with van der Waals surface area (Å²) in [5.74, 6) is -1.71. The Morgan fingerprint density at radius 3 is 2.33 bits per heavy atom. The lowest BCUT2D eigenvalue weighted by molar-refractivity contribution is -0.274. The predicted octanol–water partition coefficient (Wildman–Crippen LogP) is 1.96. The van der Waals surface area contributed by atoms with Crippen LogP contribution >= 0.6 is 0 Å². The summed E-state index contributed by atoms with van der Waals surface area (Å²) in [5.41, 5.74) is 0.277. The van der Waals surface area contributed by atoms with Crippen molar-refractivity contribution in [2.24, 2.45) is 5.92 Å². The molecule has 0 aromatic heterocycles. The number of benzene rings is 1. The van der Waals surface area contributed by atoms with Gasteiger partial charge in [0.2, 0.25) is 5.91 Å². The molecule has 21 heavy (non-hydrogen) atoms. The van der Waals surface area contributed by atoms with Crippen molar-refractivity contribution in [2.75, 3.05) is 16.8 Å². The number of halogens is 3. The smallest absolute Gasteiger partial charge is 0.406 e. The van der Waals surface area contributed by atoms with Crippen LogP contribution in [0.15, 0.2) is 24.3 Å². The van der Waals surface area contributed by atoms with E-state index in [0.717, 1.165) is 12.1 Å². The molecule has 1 aromatic rings. The van der Waals surface area contributed by atoms with Crippen molar-refractivity contribution >= 4 is 21.4 Å². The van der Waals surface area contributed by atoms with Gasteiger partial charge in [-0.05, 0) is 30.7 Å². The lowest BCUT2D eigenvalue weighted by Gasteiger charge is -2.11. The van der Waals surface area contributed by atoms with E-state index in [1.54, 1.807) is 0 Å². The average Bonchev–Trinajstić information content (AvgIpc) is 2.70. The molecule has 1 amide bonds. The molecule has 0 saturated carbocycles. The molecule has 1 atom stereocenters. The highest BCUT2D eigenvalue weighted by molar-refractivity contribution is 7.91. The van der Waals surface area contributed by atoms with Crippen LogP contribution in [0.4, 0.5) is 18.9 Å². The van der Waals surface area contributed by atoms with Crippen LogP contribution in [0, 0.1) is 5.92 Å². The van der Waals surface area contributed by atoms with Gasteiger partial charge in [-0.15, -0.1) is 13.2 Å². The molecule has 1 saturated heterocycles. The van der Waals surface area contributed by atoms with Crippen LogP contribution in [0.1, 0.15) is 6.42 Å². The van der Waals surface area contributed by atoms with Crippen LogP contribution in [0.5, 0.6) is 5.75 Å². The van der Waals surface area contributed by atoms with E-state index in [1.165, 1.54) is 12.1 Å². The topological polar surface area (TPSA) is 72.5 Å². The minimum atomic E-state index is -4.77. The second kappa shape index (κ2) is 5.55. The van der Waals surface area contributed by atoms with Gasteiger partial charge in [-0.1, -0.05) is 0 Å². The molecule has 0 aliphatic carbocycles. The Bertz CT molecular complexity index is 625. The van der Waals surface area contributed by atoms with Gasteiger partial charge in [0.15, 0.2) is 9.84 Å². The fraction of sp³-hybridized carbons (Fsp3) is 0.417. The lowest BCUT2D eigenvalue weighted by Crippen LogP contribution is -2.23. The van der Waals surface area contributed by atoms with Crippen molar-refractivity contribution in [1.82, 2.24) is 0 Å². The summed E-state index contributed by atoms with van der Waals surface area (Å²) >= 11 is 0. The van der Waals surface area contributed by atoms with Gasteiger partial charge in [0.25, 0.3) is 0 Å². The molecule has 1 fully saturated rings. The van der Waals surface area contributed by atoms with Gasteiger partial charge < -0.3 is 10.1 Å². The average molecular weight is 323 g/mol. The third-order valence-corrected chi connectivity index (χ3v) is 4.73. The van der Waals surface area contributed by atoms with Gasteiger partial charge in [0, 0.05) is 5.69 Å². The van der Waals surface area contributed by atoms with E-state index in [4.69, 9.17) is 0 Å². The maximum absolute atomic E-state index is 12.0. The number of amides is 1. The number of carbonyl (C=O) groups excluding carboxylic acids is 1. The number of alkyl halides is 3. The second-order valence-electron chi connectivity index (χ2n) is 4.66. The number of rotatable bonds is 3. The Morgan fingerprint density at radius 1 is 1.24 bits per heavy atom. The van der Waals surface area contributed by atoms with Crippen molar-refractivity contribution in [3.8, 4) is 5.75 Å². The Kier molecular flexibility index (Phi) is 4.13. The van der Waals surface area contributed by atoms with E-state index < -0.39 is 33.8 Å². The molecule has 1 N–H and O–H groups in total. The molecule has 5 nitrogen and oxygen atoms in total. The monoisotopic (exact) mass is 323 g/mol. The van der Waals surface area contributed by atoms with Gasteiger partial charge in [-0.25, -0.2) is 8.42 Å². The standard InChI is InChI=1S/C12H12F3NO4S/c13-12(14,15)20-10-3-1-9(2-4-10)16-11(17)8-5-6-21(18,19)7-8/h1-4,8H,5-7H2,(H,16,17)/t8-/m1/s1. The number of sulfone groups is 1. The highest BCUT2D eigenvalue weighted by atomic mass is 32.2. The minimum Gasteiger partial charge on any atom is -0.406 e. The third kappa shape index (κ3) is 4.62. The number of nitrogens with one attached hydrogen (secondary N) is 1. The van der Waals surface area contributed by atoms with Gasteiger partial charge in [0.1, 0.15) is 5.75 Å². The van der Waals surface area contributed by atoms with Crippen molar-refractivity contribution in [2.45, 2.75) is 12.8 Å². The summed E-state index contributed by atoms with van der Waals surface area (Å²) < 4.78 is 62.2. The van der Waals surface area contributed by atoms with Crippen molar-refractivity contribution < 1.29 is 31.1 Å². The molecule has 0 unspecified atom stereocenters. The second-order valence-corrected chi connectivity index (χ2v) is 6.89. The molecule has 1 aliphatic rings. The summed E-state index contributed by atoms with van der Waals surface area (Å²) in [4.78, 5) is 11.8. The van der Waals surface area contributed by atoms with Crippen LogP contribution < -0.4 is 10.1 Å². The first-order valence-electron chi connectivity index (χ1n) is 6.02. The molecule has 0 bridgehead atoms. The zero-order valence-electron chi connectivity index (χ0n) is 10.7. The first-order valence-corrected chi connectivity index (χ1v) is 7.84. The van der Waals surface area contributed by atoms with Crippen LogP contribution in [0.2, 0.25) is 0 Å². The van der Waals surface area contributed by atoms with Crippen LogP contribution in [-0.2, 0) is 14.6 Å². The van der Waals surface area contributed by atoms with Crippen molar-refractivity contribution in [3.05, 3.63) is 24.3 Å². The number of hydrogen-bond acceptors (Lipinski definition) is 4. The molecule has 0 spiro atoms. The van der Waals surface area contributed by atoms with E-state index in [2.05, 4.69) is 10.1 Å². The third-order valence-electron chi connectivity index (χ3n) is 2.96. The minimum absolute atomic E-state index is 0.0244. The zero-order chi connectivity index (χ0) is 15.7. The highest BCUT2D eigenvalue weighted by Gasteiger charge is 2.33. The maximum Gasteiger partial charge on any atom is 0.573 e. The van der Waals surface area contributed by atoms with Crippen LogP contribution in [0.3, 0.4) is 0 Å². The summed E-state index contributed by atoms with van der Waals surface area (Å²) in [6.45, 7) is 0. The van der Waals surface area contributed by atoms with Crippen molar-refractivity contribution in [3.63, 3.8) is 0 Å². The molecule has 1 aromatic carbocycles. The van der Waals surface area contributed by atoms with E-state index >= 15 is 0 Å². The van der Waals surface area contributed by atoms with Crippen molar-refractivity contribution in [1.29, 1.82) is 0 Å². The Balaban J connectivity index is 1.96. The normalized spacial score (nSPS) is 21.0. The number of carbonyl (C=O) groups is 1. The number of ether oxygens (including phenoxy) is 1. The fourth-order valence-corrected chi connectivity index (χ4v) is 3.73. The summed E-state index contributed by atoms with van der Waals surface area (Å²) in [6, 6.07) is 4.63. The van der Waals surface area contributed by atoms with E-state index in [0.29, 0.717) is 0 Å². The number of hydrogen-bond donors (Lipinski definition) is 1. The summed E-state index contributed by atoms with van der Waals surface area (Å²) in [5, 5.41) is 2.47. The molecule has 0 radical (unpaired) electrons. The Hall–Kier alpha value is -1.77. The largest absolute Gasteiger partial charge is 0.573 e. The van der Waals surface area contributed by atoms with E-state index in [1.807, 2.05) is 0 Å². The first-order chi connectivity index (χ1) is 9.65. The number of anilines is 1. The molecule has 2 rings (SSSR count). The van der Waals surface area contributed by atoms with Crippen LogP contribution in [0.25, 0.3) is 0 Å². The molecule has 116 valence electrons. The summed E-state index contributed by atoms with van der Waals surface area (Å²) in [6.07, 6.45) is -4.52. The fourth-order valence-electron chi connectivity index (χ4n) is 1.99. The van der Waals surface area contributed by atoms with E-state index in [9.17, 15) is 26.4 Å². The highest BCUT2D eigenvalue weighted by Crippen LogP contribution is 2.25.